The van der Waals surface area contributed by atoms with Gasteiger partial charge in [0.2, 0.25) is 0 Å². The van der Waals surface area contributed by atoms with Gasteiger partial charge in [0, 0.05) is 16.4 Å². The first kappa shape index (κ1) is 20.2. The third kappa shape index (κ3) is 5.24. The second-order valence-electron chi connectivity index (χ2n) is 5.94. The van der Waals surface area contributed by atoms with Gasteiger partial charge < -0.3 is 20.7 Å². The summed E-state index contributed by atoms with van der Waals surface area (Å²) >= 11 is 5.95. The minimum atomic E-state index is -0.601. The van der Waals surface area contributed by atoms with Gasteiger partial charge in [-0.25, -0.2) is 9.18 Å². The van der Waals surface area contributed by atoms with Gasteiger partial charge in [-0.2, -0.15) is 0 Å². The molecule has 0 unspecified atom stereocenters. The van der Waals surface area contributed by atoms with Crippen LogP contribution in [0.5, 0.6) is 5.75 Å². The lowest BCUT2D eigenvalue weighted by molar-refractivity contribution is 0.102. The van der Waals surface area contributed by atoms with Crippen LogP contribution in [0.2, 0.25) is 5.02 Å². The Morgan fingerprint density at radius 1 is 0.897 bits per heavy atom. The van der Waals surface area contributed by atoms with Crippen LogP contribution in [-0.2, 0) is 0 Å². The monoisotopic (exact) mass is 413 g/mol. The summed E-state index contributed by atoms with van der Waals surface area (Å²) < 4.78 is 18.9. The molecule has 0 heterocycles. The lowest BCUT2D eigenvalue weighted by Gasteiger charge is -2.12. The second-order valence-corrected chi connectivity index (χ2v) is 6.37. The highest BCUT2D eigenvalue weighted by molar-refractivity contribution is 6.31. The molecule has 0 saturated carbocycles. The molecule has 0 aliphatic rings. The molecule has 3 aromatic carbocycles. The van der Waals surface area contributed by atoms with Crippen LogP contribution in [0, 0.1) is 5.82 Å². The van der Waals surface area contributed by atoms with Crippen molar-refractivity contribution in [2.45, 2.75) is 0 Å². The lowest BCUT2D eigenvalue weighted by Crippen LogP contribution is -2.20. The molecule has 148 valence electrons. The Hall–Kier alpha value is -3.58. The molecule has 0 fully saturated rings. The number of methoxy groups -OCH3 is 1. The number of amides is 3. The highest BCUT2D eigenvalue weighted by Gasteiger charge is 2.12. The number of ether oxygens (including phenoxy) is 1. The van der Waals surface area contributed by atoms with E-state index >= 15 is 0 Å². The number of rotatable bonds is 5. The van der Waals surface area contributed by atoms with Crippen LogP contribution >= 0.6 is 11.6 Å². The first-order valence-electron chi connectivity index (χ1n) is 8.54. The molecule has 0 bridgehead atoms. The Balaban J connectivity index is 1.62. The van der Waals surface area contributed by atoms with Crippen molar-refractivity contribution in [2.24, 2.45) is 0 Å². The summed E-state index contributed by atoms with van der Waals surface area (Å²) in [6, 6.07) is 16.5. The van der Waals surface area contributed by atoms with Crippen molar-refractivity contribution in [2.75, 3.05) is 23.1 Å². The summed E-state index contributed by atoms with van der Waals surface area (Å²) in [6.45, 7) is 0. The average molecular weight is 414 g/mol. The first-order chi connectivity index (χ1) is 14.0. The van der Waals surface area contributed by atoms with E-state index in [1.54, 1.807) is 48.5 Å². The van der Waals surface area contributed by atoms with Crippen molar-refractivity contribution >= 4 is 40.6 Å². The van der Waals surface area contributed by atoms with Crippen LogP contribution < -0.4 is 20.7 Å². The minimum absolute atomic E-state index is 0.0513. The van der Waals surface area contributed by atoms with Gasteiger partial charge in [-0.05, 0) is 54.6 Å². The molecule has 0 aliphatic carbocycles. The fourth-order valence-electron chi connectivity index (χ4n) is 2.54. The van der Waals surface area contributed by atoms with Gasteiger partial charge in [-0.15, -0.1) is 0 Å². The smallest absolute Gasteiger partial charge is 0.323 e. The Kier molecular flexibility index (Phi) is 6.31. The SMILES string of the molecule is COc1ccc(Cl)cc1NC(=O)Nc1ccc(NC(=O)c2ccccc2F)cc1. The molecular weight excluding hydrogens is 397 g/mol. The zero-order chi connectivity index (χ0) is 20.8. The Labute approximate surface area is 171 Å². The topological polar surface area (TPSA) is 79.5 Å². The largest absolute Gasteiger partial charge is 0.495 e. The van der Waals surface area contributed by atoms with E-state index in [0.29, 0.717) is 27.8 Å². The van der Waals surface area contributed by atoms with Crippen LogP contribution in [0.3, 0.4) is 0 Å². The predicted octanol–water partition coefficient (Wildman–Crippen LogP) is 5.38. The van der Waals surface area contributed by atoms with E-state index in [-0.39, 0.29) is 5.56 Å². The maximum absolute atomic E-state index is 13.7. The average Bonchev–Trinajstić information content (AvgIpc) is 2.70. The number of nitrogens with one attached hydrogen (secondary N) is 3. The predicted molar refractivity (Wildman–Crippen MR) is 111 cm³/mol. The molecule has 29 heavy (non-hydrogen) atoms. The highest BCUT2D eigenvalue weighted by Crippen LogP contribution is 2.27. The van der Waals surface area contributed by atoms with Gasteiger partial charge in [0.1, 0.15) is 11.6 Å². The molecule has 0 radical (unpaired) electrons. The number of hydrogen-bond acceptors (Lipinski definition) is 3. The van der Waals surface area contributed by atoms with Crippen molar-refractivity contribution in [3.63, 3.8) is 0 Å². The number of anilines is 3. The van der Waals surface area contributed by atoms with E-state index in [1.165, 1.54) is 25.3 Å². The molecule has 3 amide bonds. The normalized spacial score (nSPS) is 10.2. The van der Waals surface area contributed by atoms with Crippen LogP contribution in [0.1, 0.15) is 10.4 Å². The molecule has 3 N–H and O–H groups in total. The van der Waals surface area contributed by atoms with Crippen LogP contribution in [0.25, 0.3) is 0 Å². The molecule has 0 atom stereocenters. The van der Waals surface area contributed by atoms with Gasteiger partial charge in [-0.1, -0.05) is 23.7 Å². The van der Waals surface area contributed by atoms with Crippen molar-refractivity contribution < 1.29 is 18.7 Å². The number of benzene rings is 3. The third-order valence-electron chi connectivity index (χ3n) is 3.93. The molecule has 0 aliphatic heterocycles. The van der Waals surface area contributed by atoms with Crippen LogP contribution in [-0.4, -0.2) is 19.0 Å². The molecule has 3 rings (SSSR count). The van der Waals surface area contributed by atoms with E-state index in [2.05, 4.69) is 16.0 Å². The summed E-state index contributed by atoms with van der Waals surface area (Å²) in [5.41, 5.74) is 1.32. The standard InChI is InChI=1S/C21H17ClFN3O3/c1-29-19-11-6-13(22)12-18(19)26-21(28)25-15-9-7-14(8-10-15)24-20(27)16-4-2-3-5-17(16)23/h2-12H,1H3,(H,24,27)(H2,25,26,28). The van der Waals surface area contributed by atoms with Gasteiger partial charge in [-0.3, -0.25) is 4.79 Å². The molecule has 6 nitrogen and oxygen atoms in total. The first-order valence-corrected chi connectivity index (χ1v) is 8.91. The zero-order valence-electron chi connectivity index (χ0n) is 15.3. The van der Waals surface area contributed by atoms with Crippen LogP contribution in [0.4, 0.5) is 26.2 Å². The number of hydrogen-bond donors (Lipinski definition) is 3. The van der Waals surface area contributed by atoms with Crippen molar-refractivity contribution in [3.05, 3.63) is 83.1 Å². The molecule has 8 heteroatoms. The summed E-state index contributed by atoms with van der Waals surface area (Å²) in [5, 5.41) is 8.37. The minimum Gasteiger partial charge on any atom is -0.495 e. The summed E-state index contributed by atoms with van der Waals surface area (Å²) in [7, 11) is 1.49. The maximum Gasteiger partial charge on any atom is 0.323 e. The number of carbonyl (C=O) groups excluding carboxylic acids is 2. The van der Waals surface area contributed by atoms with Crippen molar-refractivity contribution in [1.82, 2.24) is 0 Å². The lowest BCUT2D eigenvalue weighted by atomic mass is 10.2. The third-order valence-corrected chi connectivity index (χ3v) is 4.16. The molecule has 0 aromatic heterocycles. The molecular formula is C21H17ClFN3O3. The van der Waals surface area contributed by atoms with E-state index in [4.69, 9.17) is 16.3 Å². The molecule has 3 aromatic rings. The Bertz CT molecular complexity index is 1040. The van der Waals surface area contributed by atoms with E-state index in [1.807, 2.05) is 0 Å². The van der Waals surface area contributed by atoms with Gasteiger partial charge in [0.05, 0.1) is 18.4 Å². The van der Waals surface area contributed by atoms with Gasteiger partial charge in [0.15, 0.2) is 0 Å². The Morgan fingerprint density at radius 3 is 2.21 bits per heavy atom. The zero-order valence-corrected chi connectivity index (χ0v) is 16.1. The quantitative estimate of drug-likeness (QED) is 0.525. The summed E-state index contributed by atoms with van der Waals surface area (Å²) in [4.78, 5) is 24.3. The fraction of sp³-hybridized carbons (Fsp3) is 0.0476. The number of halogens is 2. The molecule has 0 saturated heterocycles. The van der Waals surface area contributed by atoms with E-state index < -0.39 is 17.8 Å². The number of carbonyl (C=O) groups is 2. The maximum atomic E-state index is 13.7. The van der Waals surface area contributed by atoms with Crippen LogP contribution in [0.15, 0.2) is 66.7 Å². The Morgan fingerprint density at radius 2 is 1.55 bits per heavy atom. The number of urea groups is 1. The summed E-state index contributed by atoms with van der Waals surface area (Å²) in [5.74, 6) is -0.693. The van der Waals surface area contributed by atoms with E-state index in [0.717, 1.165) is 0 Å². The van der Waals surface area contributed by atoms with Crippen molar-refractivity contribution in [3.8, 4) is 5.75 Å². The molecule has 0 spiro atoms. The van der Waals surface area contributed by atoms with Gasteiger partial charge in [0.25, 0.3) is 5.91 Å². The highest BCUT2D eigenvalue weighted by atomic mass is 35.5. The van der Waals surface area contributed by atoms with Gasteiger partial charge >= 0.3 is 6.03 Å². The summed E-state index contributed by atoms with van der Waals surface area (Å²) in [6.07, 6.45) is 0. The fourth-order valence-corrected chi connectivity index (χ4v) is 2.72. The second kappa shape index (κ2) is 9.07. The van der Waals surface area contributed by atoms with E-state index in [9.17, 15) is 14.0 Å². The van der Waals surface area contributed by atoms with Crippen molar-refractivity contribution in [1.29, 1.82) is 0 Å².